The third kappa shape index (κ3) is 2.06. The van der Waals surface area contributed by atoms with Crippen LogP contribution < -0.4 is 5.32 Å². The molecule has 0 aromatic carbocycles. The van der Waals surface area contributed by atoms with Gasteiger partial charge in [-0.1, -0.05) is 0 Å². The lowest BCUT2D eigenvalue weighted by Crippen LogP contribution is -2.41. The number of thioether (sulfide) groups is 1. The van der Waals surface area contributed by atoms with E-state index in [0.29, 0.717) is 11.9 Å². The van der Waals surface area contributed by atoms with Crippen LogP contribution in [0.3, 0.4) is 0 Å². The molecule has 0 radical (unpaired) electrons. The summed E-state index contributed by atoms with van der Waals surface area (Å²) in [5.41, 5.74) is 0. The molecule has 2 atom stereocenters. The van der Waals surface area contributed by atoms with Crippen LogP contribution in [0.4, 0.5) is 0 Å². The number of carbonyl (C=O) groups excluding carboxylic acids is 1. The fourth-order valence-electron chi connectivity index (χ4n) is 2.16. The molecule has 1 N–H and O–H groups in total. The van der Waals surface area contributed by atoms with Crippen molar-refractivity contribution in [2.24, 2.45) is 5.92 Å². The van der Waals surface area contributed by atoms with Crippen molar-refractivity contribution in [1.29, 1.82) is 0 Å². The Morgan fingerprint density at radius 1 is 1.50 bits per heavy atom. The molecule has 2 rings (SSSR count). The summed E-state index contributed by atoms with van der Waals surface area (Å²) in [6, 6.07) is 0.494. The minimum absolute atomic E-state index is 0.241. The van der Waals surface area contributed by atoms with Crippen molar-refractivity contribution in [2.45, 2.75) is 18.9 Å². The van der Waals surface area contributed by atoms with Crippen LogP contribution in [0.15, 0.2) is 0 Å². The highest BCUT2D eigenvalue weighted by molar-refractivity contribution is 7.99. The van der Waals surface area contributed by atoms with Gasteiger partial charge in [-0.3, -0.25) is 4.79 Å². The quantitative estimate of drug-likeness (QED) is 0.729. The lowest BCUT2D eigenvalue weighted by Gasteiger charge is -2.26. The van der Waals surface area contributed by atoms with Gasteiger partial charge in [0, 0.05) is 25.4 Å². The maximum atomic E-state index is 12.0. The molecule has 1 amide bonds. The molecule has 2 aliphatic heterocycles. The van der Waals surface area contributed by atoms with E-state index in [1.54, 1.807) is 0 Å². The second-order valence-electron chi connectivity index (χ2n) is 4.16. The Morgan fingerprint density at radius 3 is 2.93 bits per heavy atom. The van der Waals surface area contributed by atoms with Gasteiger partial charge in [0.2, 0.25) is 5.91 Å². The third-order valence-corrected chi connectivity index (χ3v) is 4.36. The molecule has 2 unspecified atom stereocenters. The smallest absolute Gasteiger partial charge is 0.227 e. The Hall–Kier alpha value is -0.220. The molecule has 2 heterocycles. The zero-order chi connectivity index (χ0) is 9.97. The van der Waals surface area contributed by atoms with Gasteiger partial charge in [-0.2, -0.15) is 11.8 Å². The van der Waals surface area contributed by atoms with Crippen LogP contribution in [0.1, 0.15) is 12.8 Å². The topological polar surface area (TPSA) is 32.3 Å². The fourth-order valence-corrected chi connectivity index (χ4v) is 3.43. The van der Waals surface area contributed by atoms with Gasteiger partial charge in [0.1, 0.15) is 0 Å². The zero-order valence-electron chi connectivity index (χ0n) is 8.66. The molecule has 0 aliphatic carbocycles. The first-order valence-corrected chi connectivity index (χ1v) is 6.49. The molecule has 80 valence electrons. The molecule has 4 heteroatoms. The Balaban J connectivity index is 1.89. The van der Waals surface area contributed by atoms with Crippen LogP contribution in [-0.2, 0) is 4.79 Å². The van der Waals surface area contributed by atoms with Gasteiger partial charge in [-0.25, -0.2) is 0 Å². The molecule has 0 aromatic rings. The molecular weight excluding hydrogens is 196 g/mol. The molecule has 14 heavy (non-hydrogen) atoms. The van der Waals surface area contributed by atoms with E-state index in [2.05, 4.69) is 5.32 Å². The molecule has 2 fully saturated rings. The van der Waals surface area contributed by atoms with Crippen molar-refractivity contribution < 1.29 is 4.79 Å². The maximum absolute atomic E-state index is 12.0. The van der Waals surface area contributed by atoms with Crippen molar-refractivity contribution in [2.75, 3.05) is 31.6 Å². The summed E-state index contributed by atoms with van der Waals surface area (Å²) in [6.45, 7) is 1.88. The number of nitrogens with one attached hydrogen (secondary N) is 1. The molecule has 0 saturated carbocycles. The van der Waals surface area contributed by atoms with E-state index in [1.165, 1.54) is 12.2 Å². The largest absolute Gasteiger partial charge is 0.342 e. The van der Waals surface area contributed by atoms with Crippen LogP contribution in [0.25, 0.3) is 0 Å². The van der Waals surface area contributed by atoms with Crippen LogP contribution >= 0.6 is 11.8 Å². The van der Waals surface area contributed by atoms with Crippen molar-refractivity contribution in [3.05, 3.63) is 0 Å². The van der Waals surface area contributed by atoms with E-state index in [0.717, 1.165) is 25.3 Å². The second kappa shape index (κ2) is 4.53. The first-order chi connectivity index (χ1) is 6.79. The van der Waals surface area contributed by atoms with Crippen LogP contribution in [0.5, 0.6) is 0 Å². The Labute approximate surface area is 89.6 Å². The van der Waals surface area contributed by atoms with E-state index in [4.69, 9.17) is 0 Å². The molecule has 0 spiro atoms. The summed E-state index contributed by atoms with van der Waals surface area (Å²) in [6.07, 6.45) is 2.19. The van der Waals surface area contributed by atoms with E-state index >= 15 is 0 Å². The number of carbonyl (C=O) groups is 1. The van der Waals surface area contributed by atoms with Gasteiger partial charge in [0.05, 0.1) is 5.92 Å². The summed E-state index contributed by atoms with van der Waals surface area (Å²) < 4.78 is 0. The summed E-state index contributed by atoms with van der Waals surface area (Å²) in [7, 11) is 1.97. The minimum Gasteiger partial charge on any atom is -0.342 e. The predicted octanol–water partition coefficient (Wildman–Crippen LogP) is 0.560. The standard InChI is InChI=1S/C10H18N2OS/c1-12(9-3-5-14-7-9)10(13)8-2-4-11-6-8/h8-9,11H,2-7H2,1H3. The maximum Gasteiger partial charge on any atom is 0.227 e. The molecule has 2 saturated heterocycles. The number of nitrogens with zero attached hydrogens (tertiary/aromatic N) is 1. The highest BCUT2D eigenvalue weighted by atomic mass is 32.2. The van der Waals surface area contributed by atoms with Gasteiger partial charge in [0.25, 0.3) is 0 Å². The predicted molar refractivity (Wildman–Crippen MR) is 59.5 cm³/mol. The average Bonchev–Trinajstić information content (AvgIpc) is 2.87. The number of rotatable bonds is 2. The SMILES string of the molecule is CN(C(=O)C1CCNC1)C1CCSC1. The summed E-state index contributed by atoms with van der Waals surface area (Å²) in [5, 5.41) is 3.25. The number of hydrogen-bond donors (Lipinski definition) is 1. The monoisotopic (exact) mass is 214 g/mol. The van der Waals surface area contributed by atoms with Crippen LogP contribution in [0.2, 0.25) is 0 Å². The molecule has 2 aliphatic rings. The van der Waals surface area contributed by atoms with Crippen molar-refractivity contribution in [1.82, 2.24) is 10.2 Å². The molecule has 3 nitrogen and oxygen atoms in total. The lowest BCUT2D eigenvalue weighted by atomic mass is 10.1. The van der Waals surface area contributed by atoms with Crippen molar-refractivity contribution >= 4 is 17.7 Å². The van der Waals surface area contributed by atoms with E-state index in [1.807, 2.05) is 23.7 Å². The summed E-state index contributed by atoms with van der Waals surface area (Å²) >= 11 is 1.96. The minimum atomic E-state index is 0.241. The first-order valence-electron chi connectivity index (χ1n) is 5.34. The second-order valence-corrected chi connectivity index (χ2v) is 5.31. The van der Waals surface area contributed by atoms with Gasteiger partial charge in [-0.05, 0) is 25.1 Å². The summed E-state index contributed by atoms with van der Waals surface area (Å²) in [5.74, 6) is 2.93. The highest BCUT2D eigenvalue weighted by Crippen LogP contribution is 2.23. The van der Waals surface area contributed by atoms with Crippen molar-refractivity contribution in [3.63, 3.8) is 0 Å². The average molecular weight is 214 g/mol. The lowest BCUT2D eigenvalue weighted by molar-refractivity contribution is -0.135. The molecular formula is C10H18N2OS. The van der Waals surface area contributed by atoms with Crippen LogP contribution in [-0.4, -0.2) is 48.5 Å². The fraction of sp³-hybridized carbons (Fsp3) is 0.900. The van der Waals surface area contributed by atoms with Gasteiger partial charge >= 0.3 is 0 Å². The Morgan fingerprint density at radius 2 is 2.36 bits per heavy atom. The Kier molecular flexibility index (Phi) is 3.34. The van der Waals surface area contributed by atoms with E-state index in [9.17, 15) is 4.79 Å². The van der Waals surface area contributed by atoms with Gasteiger partial charge in [0.15, 0.2) is 0 Å². The van der Waals surface area contributed by atoms with E-state index in [-0.39, 0.29) is 5.92 Å². The number of hydrogen-bond acceptors (Lipinski definition) is 3. The normalized spacial score (nSPS) is 32.1. The number of amides is 1. The van der Waals surface area contributed by atoms with E-state index < -0.39 is 0 Å². The first kappa shape index (κ1) is 10.3. The highest BCUT2D eigenvalue weighted by Gasteiger charge is 2.30. The van der Waals surface area contributed by atoms with Crippen LogP contribution in [0, 0.1) is 5.92 Å². The van der Waals surface area contributed by atoms with Crippen molar-refractivity contribution in [3.8, 4) is 0 Å². The van der Waals surface area contributed by atoms with Gasteiger partial charge < -0.3 is 10.2 Å². The molecule has 0 aromatic heterocycles. The molecule has 0 bridgehead atoms. The third-order valence-electron chi connectivity index (χ3n) is 3.21. The van der Waals surface area contributed by atoms with Gasteiger partial charge in [-0.15, -0.1) is 0 Å². The summed E-state index contributed by atoms with van der Waals surface area (Å²) in [4.78, 5) is 14.0. The Bertz CT molecular complexity index is 210. The zero-order valence-corrected chi connectivity index (χ0v) is 9.48.